The highest BCUT2D eigenvalue weighted by Gasteiger charge is 2.29. The molecule has 1 unspecified atom stereocenters. The van der Waals surface area contributed by atoms with E-state index in [1.807, 2.05) is 0 Å². The van der Waals surface area contributed by atoms with Gasteiger partial charge in [0.15, 0.2) is 0 Å². The molecule has 1 aromatic carbocycles. The number of benzene rings is 1. The first-order chi connectivity index (χ1) is 8.20. The van der Waals surface area contributed by atoms with Crippen LogP contribution in [0.15, 0.2) is 24.3 Å². The number of carbonyl (C=O) groups is 1. The second kappa shape index (κ2) is 5.27. The highest BCUT2D eigenvalue weighted by atomic mass is 19.1. The van der Waals surface area contributed by atoms with Crippen LogP contribution in [-0.2, 0) is 14.3 Å². The SMILES string of the molecule is COC(=O)C(CC1COC1)c1cccc(F)c1. The summed E-state index contributed by atoms with van der Waals surface area (Å²) >= 11 is 0. The van der Waals surface area contributed by atoms with Gasteiger partial charge in [0.25, 0.3) is 0 Å². The summed E-state index contributed by atoms with van der Waals surface area (Å²) in [5.41, 5.74) is 0.670. The lowest BCUT2D eigenvalue weighted by Crippen LogP contribution is -2.31. The number of rotatable bonds is 4. The Balaban J connectivity index is 2.16. The van der Waals surface area contributed by atoms with E-state index in [0.717, 1.165) is 0 Å². The molecule has 1 aliphatic heterocycles. The van der Waals surface area contributed by atoms with E-state index in [-0.39, 0.29) is 11.8 Å². The van der Waals surface area contributed by atoms with Gasteiger partial charge in [-0.15, -0.1) is 0 Å². The van der Waals surface area contributed by atoms with Crippen LogP contribution in [0.3, 0.4) is 0 Å². The number of hydrogen-bond donors (Lipinski definition) is 0. The zero-order valence-corrected chi connectivity index (χ0v) is 9.69. The Morgan fingerprint density at radius 2 is 2.35 bits per heavy atom. The van der Waals surface area contributed by atoms with Gasteiger partial charge in [0.05, 0.1) is 26.2 Å². The summed E-state index contributed by atoms with van der Waals surface area (Å²) in [6.07, 6.45) is 0.649. The zero-order chi connectivity index (χ0) is 12.3. The van der Waals surface area contributed by atoms with Crippen LogP contribution in [-0.4, -0.2) is 26.3 Å². The largest absolute Gasteiger partial charge is 0.469 e. The van der Waals surface area contributed by atoms with Crippen molar-refractivity contribution >= 4 is 5.97 Å². The van der Waals surface area contributed by atoms with E-state index in [4.69, 9.17) is 9.47 Å². The molecule has 1 heterocycles. The van der Waals surface area contributed by atoms with Crippen molar-refractivity contribution in [3.63, 3.8) is 0 Å². The molecular weight excluding hydrogens is 223 g/mol. The third kappa shape index (κ3) is 2.82. The number of carbonyl (C=O) groups excluding carboxylic acids is 1. The van der Waals surface area contributed by atoms with E-state index in [1.54, 1.807) is 12.1 Å². The summed E-state index contributed by atoms with van der Waals surface area (Å²) in [7, 11) is 1.35. The summed E-state index contributed by atoms with van der Waals surface area (Å²) in [6, 6.07) is 6.12. The highest BCUT2D eigenvalue weighted by Crippen LogP contribution is 2.29. The minimum absolute atomic E-state index is 0.317. The van der Waals surface area contributed by atoms with Crippen LogP contribution in [0.1, 0.15) is 17.9 Å². The van der Waals surface area contributed by atoms with Gasteiger partial charge < -0.3 is 9.47 Å². The third-order valence-corrected chi connectivity index (χ3v) is 3.01. The number of hydrogen-bond acceptors (Lipinski definition) is 3. The average molecular weight is 238 g/mol. The van der Waals surface area contributed by atoms with Crippen LogP contribution >= 0.6 is 0 Å². The lowest BCUT2D eigenvalue weighted by atomic mass is 9.88. The molecule has 1 saturated heterocycles. The van der Waals surface area contributed by atoms with E-state index in [1.165, 1.54) is 19.2 Å². The molecule has 0 N–H and O–H groups in total. The summed E-state index contributed by atoms with van der Waals surface area (Å²) in [6.45, 7) is 1.34. The van der Waals surface area contributed by atoms with Crippen molar-refractivity contribution in [2.45, 2.75) is 12.3 Å². The van der Waals surface area contributed by atoms with Crippen LogP contribution in [0.2, 0.25) is 0 Å². The van der Waals surface area contributed by atoms with E-state index < -0.39 is 5.92 Å². The van der Waals surface area contributed by atoms with Gasteiger partial charge in [0.1, 0.15) is 5.82 Å². The number of methoxy groups -OCH3 is 1. The Kier molecular flexibility index (Phi) is 3.74. The van der Waals surface area contributed by atoms with Gasteiger partial charge in [0, 0.05) is 5.92 Å². The van der Waals surface area contributed by atoms with Gasteiger partial charge in [-0.1, -0.05) is 12.1 Å². The molecule has 4 heteroatoms. The average Bonchev–Trinajstić information content (AvgIpc) is 2.27. The molecule has 0 spiro atoms. The van der Waals surface area contributed by atoms with E-state index in [0.29, 0.717) is 31.1 Å². The molecule has 1 aromatic rings. The van der Waals surface area contributed by atoms with Crippen LogP contribution in [0.4, 0.5) is 4.39 Å². The maximum Gasteiger partial charge on any atom is 0.313 e. The Morgan fingerprint density at radius 1 is 1.59 bits per heavy atom. The van der Waals surface area contributed by atoms with Crippen molar-refractivity contribution in [3.8, 4) is 0 Å². The van der Waals surface area contributed by atoms with Gasteiger partial charge in [0.2, 0.25) is 0 Å². The van der Waals surface area contributed by atoms with Crippen LogP contribution in [0, 0.1) is 11.7 Å². The predicted molar refractivity (Wildman–Crippen MR) is 60.1 cm³/mol. The lowest BCUT2D eigenvalue weighted by molar-refractivity contribution is -0.144. The molecule has 1 fully saturated rings. The normalized spacial score (nSPS) is 17.3. The maximum atomic E-state index is 13.2. The van der Waals surface area contributed by atoms with Crippen molar-refractivity contribution in [1.29, 1.82) is 0 Å². The van der Waals surface area contributed by atoms with E-state index in [2.05, 4.69) is 0 Å². The van der Waals surface area contributed by atoms with Gasteiger partial charge in [-0.25, -0.2) is 4.39 Å². The zero-order valence-electron chi connectivity index (χ0n) is 9.69. The minimum atomic E-state index is -0.399. The van der Waals surface area contributed by atoms with Crippen molar-refractivity contribution in [2.75, 3.05) is 20.3 Å². The molecule has 0 aromatic heterocycles. The van der Waals surface area contributed by atoms with Gasteiger partial charge >= 0.3 is 5.97 Å². The Bertz CT molecular complexity index is 401. The summed E-state index contributed by atoms with van der Waals surface area (Å²) in [5, 5.41) is 0. The second-order valence-corrected chi connectivity index (χ2v) is 4.27. The molecule has 3 nitrogen and oxygen atoms in total. The maximum absolute atomic E-state index is 13.2. The molecule has 1 atom stereocenters. The first-order valence-corrected chi connectivity index (χ1v) is 5.61. The third-order valence-electron chi connectivity index (χ3n) is 3.01. The molecule has 92 valence electrons. The fraction of sp³-hybridized carbons (Fsp3) is 0.462. The van der Waals surface area contributed by atoms with Crippen molar-refractivity contribution in [3.05, 3.63) is 35.6 Å². The molecule has 17 heavy (non-hydrogen) atoms. The fourth-order valence-corrected chi connectivity index (χ4v) is 1.99. The lowest BCUT2D eigenvalue weighted by Gasteiger charge is -2.29. The highest BCUT2D eigenvalue weighted by molar-refractivity contribution is 5.78. The smallest absolute Gasteiger partial charge is 0.313 e. The molecule has 0 saturated carbocycles. The standard InChI is InChI=1S/C13H15FO3/c1-16-13(15)12(5-9-7-17-8-9)10-3-2-4-11(14)6-10/h2-4,6,9,12H,5,7-8H2,1H3. The molecule has 0 radical (unpaired) electrons. The second-order valence-electron chi connectivity index (χ2n) is 4.27. The van der Waals surface area contributed by atoms with Crippen molar-refractivity contribution in [1.82, 2.24) is 0 Å². The Hall–Kier alpha value is -1.42. The Morgan fingerprint density at radius 3 is 2.88 bits per heavy atom. The molecule has 1 aliphatic rings. The quantitative estimate of drug-likeness (QED) is 0.754. The molecule has 2 rings (SSSR count). The summed E-state index contributed by atoms with van der Waals surface area (Å²) in [4.78, 5) is 11.7. The van der Waals surface area contributed by atoms with Gasteiger partial charge in [-0.05, 0) is 24.1 Å². The minimum Gasteiger partial charge on any atom is -0.469 e. The van der Waals surface area contributed by atoms with Crippen molar-refractivity contribution < 1.29 is 18.7 Å². The monoisotopic (exact) mass is 238 g/mol. The first kappa shape index (κ1) is 12.0. The molecular formula is C13H15FO3. The number of ether oxygens (including phenoxy) is 2. The first-order valence-electron chi connectivity index (χ1n) is 5.61. The van der Waals surface area contributed by atoms with E-state index in [9.17, 15) is 9.18 Å². The Labute approximate surface area is 99.5 Å². The predicted octanol–water partition coefficient (Wildman–Crippen LogP) is 2.12. The van der Waals surface area contributed by atoms with E-state index >= 15 is 0 Å². The van der Waals surface area contributed by atoms with Gasteiger partial charge in [-0.2, -0.15) is 0 Å². The van der Waals surface area contributed by atoms with Gasteiger partial charge in [-0.3, -0.25) is 4.79 Å². The van der Waals surface area contributed by atoms with Crippen molar-refractivity contribution in [2.24, 2.45) is 5.92 Å². The summed E-state index contributed by atoms with van der Waals surface area (Å²) < 4.78 is 23.0. The van der Waals surface area contributed by atoms with Crippen LogP contribution in [0.25, 0.3) is 0 Å². The molecule has 0 bridgehead atoms. The van der Waals surface area contributed by atoms with Crippen LogP contribution in [0.5, 0.6) is 0 Å². The number of esters is 1. The molecule has 0 aliphatic carbocycles. The topological polar surface area (TPSA) is 35.5 Å². The fourth-order valence-electron chi connectivity index (χ4n) is 1.99. The summed E-state index contributed by atoms with van der Waals surface area (Å²) in [5.74, 6) is -0.685. The number of halogens is 1. The van der Waals surface area contributed by atoms with Crippen LogP contribution < -0.4 is 0 Å². The molecule has 0 amide bonds.